The first-order valence-corrected chi connectivity index (χ1v) is 3.98. The molecule has 0 aromatic rings. The summed E-state index contributed by atoms with van der Waals surface area (Å²) in [5.41, 5.74) is 0. The second-order valence-corrected chi connectivity index (χ2v) is 2.77. The molecule has 4 heteroatoms. The van der Waals surface area contributed by atoms with Gasteiger partial charge in [-0.15, -0.1) is 0 Å². The Balaban J connectivity index is 2.04. The molecule has 0 unspecified atom stereocenters. The molecule has 0 aliphatic heterocycles. The molecule has 0 bridgehead atoms. The fourth-order valence-electron chi connectivity index (χ4n) is 0.737. The van der Waals surface area contributed by atoms with Gasteiger partial charge in [0.05, 0.1) is 20.0 Å². The van der Waals surface area contributed by atoms with E-state index >= 15 is 0 Å². The van der Waals surface area contributed by atoms with Crippen molar-refractivity contribution in [3.05, 3.63) is 0 Å². The molecular weight excluding hydrogens is 160 g/mol. The van der Waals surface area contributed by atoms with E-state index in [-0.39, 0.29) is 30.9 Å². The molecule has 1 aliphatic rings. The highest BCUT2D eigenvalue weighted by molar-refractivity contribution is 5.77. The van der Waals surface area contributed by atoms with E-state index in [2.05, 4.69) is 4.74 Å². The van der Waals surface area contributed by atoms with E-state index in [1.54, 1.807) is 0 Å². The van der Waals surface area contributed by atoms with Crippen LogP contribution in [0.15, 0.2) is 0 Å². The summed E-state index contributed by atoms with van der Waals surface area (Å²) in [7, 11) is 1.30. The van der Waals surface area contributed by atoms with Crippen molar-refractivity contribution in [3.63, 3.8) is 0 Å². The summed E-state index contributed by atoms with van der Waals surface area (Å²) in [5.74, 6) is -0.675. The highest BCUT2D eigenvalue weighted by atomic mass is 16.5. The first kappa shape index (κ1) is 9.03. The summed E-state index contributed by atoms with van der Waals surface area (Å²) >= 11 is 0. The van der Waals surface area contributed by atoms with Gasteiger partial charge in [0, 0.05) is 0 Å². The number of carbonyl (C=O) groups excluding carboxylic acids is 2. The largest absolute Gasteiger partial charge is 0.469 e. The van der Waals surface area contributed by atoms with Gasteiger partial charge in [-0.3, -0.25) is 9.59 Å². The van der Waals surface area contributed by atoms with Gasteiger partial charge in [-0.2, -0.15) is 0 Å². The number of hydrogen-bond donors (Lipinski definition) is 0. The number of hydrogen-bond acceptors (Lipinski definition) is 4. The van der Waals surface area contributed by atoms with Gasteiger partial charge in [0.2, 0.25) is 0 Å². The molecule has 1 rings (SSSR count). The van der Waals surface area contributed by atoms with Gasteiger partial charge in [0.1, 0.15) is 6.10 Å². The van der Waals surface area contributed by atoms with E-state index in [0.29, 0.717) is 0 Å². The lowest BCUT2D eigenvalue weighted by atomic mass is 10.3. The molecule has 1 fully saturated rings. The third-order valence-corrected chi connectivity index (χ3v) is 1.58. The predicted octanol–water partition coefficient (Wildman–Crippen LogP) is 0.645. The second-order valence-electron chi connectivity index (χ2n) is 2.77. The molecule has 0 amide bonds. The summed E-state index contributed by atoms with van der Waals surface area (Å²) in [4.78, 5) is 21.5. The van der Waals surface area contributed by atoms with Crippen LogP contribution in [-0.4, -0.2) is 25.2 Å². The zero-order valence-electron chi connectivity index (χ0n) is 7.04. The van der Waals surface area contributed by atoms with Crippen molar-refractivity contribution in [2.75, 3.05) is 7.11 Å². The average molecular weight is 172 g/mol. The highest BCUT2D eigenvalue weighted by Gasteiger charge is 2.25. The van der Waals surface area contributed by atoms with Crippen LogP contribution in [0.1, 0.15) is 25.7 Å². The van der Waals surface area contributed by atoms with Gasteiger partial charge in [-0.1, -0.05) is 0 Å². The van der Waals surface area contributed by atoms with Crippen molar-refractivity contribution in [3.8, 4) is 0 Å². The summed E-state index contributed by atoms with van der Waals surface area (Å²) in [6.45, 7) is 0. The third kappa shape index (κ3) is 3.37. The molecule has 4 nitrogen and oxygen atoms in total. The fourth-order valence-corrected chi connectivity index (χ4v) is 0.737. The predicted molar refractivity (Wildman–Crippen MR) is 40.4 cm³/mol. The number of rotatable bonds is 4. The molecule has 0 saturated heterocycles. The topological polar surface area (TPSA) is 52.6 Å². The van der Waals surface area contributed by atoms with E-state index < -0.39 is 0 Å². The van der Waals surface area contributed by atoms with Crippen LogP contribution >= 0.6 is 0 Å². The van der Waals surface area contributed by atoms with Crippen molar-refractivity contribution in [1.82, 2.24) is 0 Å². The van der Waals surface area contributed by atoms with E-state index in [9.17, 15) is 9.59 Å². The van der Waals surface area contributed by atoms with Crippen LogP contribution in [0.3, 0.4) is 0 Å². The Kier molecular flexibility index (Phi) is 3.08. The van der Waals surface area contributed by atoms with Gasteiger partial charge in [-0.05, 0) is 12.8 Å². The van der Waals surface area contributed by atoms with E-state index in [4.69, 9.17) is 4.74 Å². The molecule has 0 spiro atoms. The first-order valence-electron chi connectivity index (χ1n) is 3.98. The quantitative estimate of drug-likeness (QED) is 0.584. The molecule has 12 heavy (non-hydrogen) atoms. The molecule has 68 valence electrons. The standard InChI is InChI=1S/C8H12O4/c1-11-7(9)4-5-8(10)12-6-2-3-6/h6H,2-5H2,1H3. The Bertz CT molecular complexity index is 183. The van der Waals surface area contributed by atoms with Crippen LogP contribution in [0.5, 0.6) is 0 Å². The normalized spacial score (nSPS) is 15.4. The minimum absolute atomic E-state index is 0.113. The van der Waals surface area contributed by atoms with E-state index in [0.717, 1.165) is 12.8 Å². The second kappa shape index (κ2) is 4.09. The maximum Gasteiger partial charge on any atom is 0.306 e. The van der Waals surface area contributed by atoms with Gasteiger partial charge >= 0.3 is 11.9 Å². The molecule has 0 radical (unpaired) electrons. The van der Waals surface area contributed by atoms with Crippen LogP contribution < -0.4 is 0 Å². The molecule has 0 heterocycles. The number of carbonyl (C=O) groups is 2. The third-order valence-electron chi connectivity index (χ3n) is 1.58. The maximum atomic E-state index is 10.9. The smallest absolute Gasteiger partial charge is 0.306 e. The molecular formula is C8H12O4. The van der Waals surface area contributed by atoms with Crippen LogP contribution in [0.4, 0.5) is 0 Å². The van der Waals surface area contributed by atoms with E-state index in [1.807, 2.05) is 0 Å². The lowest BCUT2D eigenvalue weighted by Crippen LogP contribution is -2.09. The zero-order valence-corrected chi connectivity index (χ0v) is 7.04. The van der Waals surface area contributed by atoms with Crippen molar-refractivity contribution >= 4 is 11.9 Å². The molecule has 0 atom stereocenters. The number of ether oxygens (including phenoxy) is 2. The van der Waals surface area contributed by atoms with E-state index in [1.165, 1.54) is 7.11 Å². The van der Waals surface area contributed by atoms with Gasteiger partial charge < -0.3 is 9.47 Å². The summed E-state index contributed by atoms with van der Waals surface area (Å²) in [6.07, 6.45) is 2.29. The van der Waals surface area contributed by atoms with Gasteiger partial charge in [0.25, 0.3) is 0 Å². The molecule has 0 aromatic heterocycles. The molecule has 0 N–H and O–H groups in total. The van der Waals surface area contributed by atoms with Crippen LogP contribution in [0, 0.1) is 0 Å². The molecule has 1 aliphatic carbocycles. The van der Waals surface area contributed by atoms with Gasteiger partial charge in [0.15, 0.2) is 0 Å². The Morgan fingerprint density at radius 3 is 2.33 bits per heavy atom. The van der Waals surface area contributed by atoms with Gasteiger partial charge in [-0.25, -0.2) is 0 Å². The van der Waals surface area contributed by atoms with Crippen molar-refractivity contribution in [2.45, 2.75) is 31.8 Å². The Morgan fingerprint density at radius 2 is 1.83 bits per heavy atom. The maximum absolute atomic E-state index is 10.9. The molecule has 1 saturated carbocycles. The zero-order chi connectivity index (χ0) is 8.97. The number of methoxy groups -OCH3 is 1. The minimum atomic E-state index is -0.372. The average Bonchev–Trinajstić information content (AvgIpc) is 2.84. The van der Waals surface area contributed by atoms with Crippen LogP contribution in [-0.2, 0) is 19.1 Å². The Morgan fingerprint density at radius 1 is 1.25 bits per heavy atom. The van der Waals surface area contributed by atoms with Crippen LogP contribution in [0.25, 0.3) is 0 Å². The Labute approximate surface area is 70.8 Å². The van der Waals surface area contributed by atoms with Crippen molar-refractivity contribution in [1.29, 1.82) is 0 Å². The molecule has 0 aromatic carbocycles. The first-order chi connectivity index (χ1) is 5.72. The van der Waals surface area contributed by atoms with Crippen LogP contribution in [0.2, 0.25) is 0 Å². The van der Waals surface area contributed by atoms with Crippen molar-refractivity contribution in [2.24, 2.45) is 0 Å². The minimum Gasteiger partial charge on any atom is -0.469 e. The van der Waals surface area contributed by atoms with Crippen molar-refractivity contribution < 1.29 is 19.1 Å². The SMILES string of the molecule is COC(=O)CCC(=O)OC1CC1. The summed E-state index contributed by atoms with van der Waals surface area (Å²) in [6, 6.07) is 0. The fraction of sp³-hybridized carbons (Fsp3) is 0.750. The lowest BCUT2D eigenvalue weighted by Gasteiger charge is -2.00. The summed E-state index contributed by atoms with van der Waals surface area (Å²) < 4.78 is 9.28. The highest BCUT2D eigenvalue weighted by Crippen LogP contribution is 2.23. The summed E-state index contributed by atoms with van der Waals surface area (Å²) in [5, 5.41) is 0. The lowest BCUT2D eigenvalue weighted by molar-refractivity contribution is -0.149. The Hall–Kier alpha value is -1.06. The number of esters is 2. The monoisotopic (exact) mass is 172 g/mol.